The molecule has 5 rings (SSSR count). The quantitative estimate of drug-likeness (QED) is 0.340. The number of likely N-dealkylation sites (tertiary alicyclic amines) is 2. The molecule has 2 aliphatic rings. The minimum atomic E-state index is -2.87. The van der Waals surface area contributed by atoms with Crippen LogP contribution in [-0.2, 0) is 6.42 Å². The van der Waals surface area contributed by atoms with Gasteiger partial charge in [0.25, 0.3) is 5.92 Å². The number of pyridine rings is 1. The predicted octanol–water partition coefficient (Wildman–Crippen LogP) is 5.68. The van der Waals surface area contributed by atoms with E-state index in [4.69, 9.17) is 18.9 Å². The van der Waals surface area contributed by atoms with Gasteiger partial charge in [0, 0.05) is 36.7 Å². The van der Waals surface area contributed by atoms with Crippen LogP contribution in [-0.4, -0.2) is 80.2 Å². The van der Waals surface area contributed by atoms with Crippen molar-refractivity contribution in [2.75, 3.05) is 58.8 Å². The molecule has 1 aromatic carbocycles. The van der Waals surface area contributed by atoms with Gasteiger partial charge in [0.1, 0.15) is 11.5 Å². The number of ether oxygens (including phenoxy) is 2. The molecule has 0 radical (unpaired) electrons. The first-order valence-corrected chi connectivity index (χ1v) is 13.7. The number of anilines is 1. The first kappa shape index (κ1) is 26.7. The molecule has 0 spiro atoms. The third kappa shape index (κ3) is 5.89. The summed E-state index contributed by atoms with van der Waals surface area (Å²) in [7, 11) is 3.32. The Morgan fingerprint density at radius 2 is 1.95 bits per heavy atom. The number of rotatable bonds is 10. The van der Waals surface area contributed by atoms with Gasteiger partial charge in [0.15, 0.2) is 17.3 Å². The lowest BCUT2D eigenvalue weighted by Crippen LogP contribution is -2.53. The van der Waals surface area contributed by atoms with Gasteiger partial charge in [-0.3, -0.25) is 0 Å². The first-order chi connectivity index (χ1) is 18.4. The van der Waals surface area contributed by atoms with E-state index in [2.05, 4.69) is 10.2 Å². The Balaban J connectivity index is 1.47. The highest BCUT2D eigenvalue weighted by atomic mass is 19.3. The average molecular weight is 529 g/mol. The molecule has 0 bridgehead atoms. The van der Waals surface area contributed by atoms with Gasteiger partial charge in [-0.15, -0.1) is 0 Å². The molecule has 1 unspecified atom stereocenters. The molecule has 7 nitrogen and oxygen atoms in total. The summed E-state index contributed by atoms with van der Waals surface area (Å²) in [5.74, 6) is -0.278. The van der Waals surface area contributed by atoms with Crippen molar-refractivity contribution < 1.29 is 22.7 Å². The number of methoxy groups -OCH3 is 1. The number of benzene rings is 1. The van der Waals surface area contributed by atoms with Gasteiger partial charge in [-0.1, -0.05) is 6.92 Å². The summed E-state index contributed by atoms with van der Waals surface area (Å²) < 4.78 is 47.7. The Bertz CT molecular complexity index is 1240. The molecule has 4 heterocycles. The van der Waals surface area contributed by atoms with Gasteiger partial charge >= 0.3 is 0 Å². The van der Waals surface area contributed by atoms with Gasteiger partial charge in [-0.05, 0) is 70.1 Å². The Kier molecular flexibility index (Phi) is 8.04. The fourth-order valence-corrected chi connectivity index (χ4v) is 5.41. The van der Waals surface area contributed by atoms with Crippen LogP contribution in [0, 0.1) is 0 Å². The van der Waals surface area contributed by atoms with Crippen LogP contribution < -0.4 is 14.8 Å². The maximum absolute atomic E-state index is 15.0. The van der Waals surface area contributed by atoms with Crippen LogP contribution >= 0.6 is 0 Å². The molecule has 1 N–H and O–H groups in total. The maximum Gasteiger partial charge on any atom is 0.280 e. The van der Waals surface area contributed by atoms with Crippen molar-refractivity contribution in [3.63, 3.8) is 0 Å². The van der Waals surface area contributed by atoms with Crippen molar-refractivity contribution in [1.29, 1.82) is 0 Å². The SMILES string of the molecule is CCc1ccc(-c2cc(NC3CCN(C)CC3(F)F)c3cc(OC)c(OCCCN4CCCC4)cc3n2)o1. The first-order valence-electron chi connectivity index (χ1n) is 13.7. The number of piperidine rings is 1. The van der Waals surface area contributed by atoms with E-state index in [0.717, 1.165) is 38.2 Å². The van der Waals surface area contributed by atoms with Gasteiger partial charge in [-0.25, -0.2) is 13.8 Å². The average Bonchev–Trinajstić information content (AvgIpc) is 3.59. The van der Waals surface area contributed by atoms with Crippen molar-refractivity contribution in [2.45, 2.75) is 51.0 Å². The van der Waals surface area contributed by atoms with E-state index in [1.54, 1.807) is 25.1 Å². The minimum Gasteiger partial charge on any atom is -0.493 e. The molecule has 0 saturated carbocycles. The summed E-state index contributed by atoms with van der Waals surface area (Å²) in [6.07, 6.45) is 4.54. The number of halogens is 2. The lowest BCUT2D eigenvalue weighted by Gasteiger charge is -2.37. The highest BCUT2D eigenvalue weighted by Gasteiger charge is 2.43. The fraction of sp³-hybridized carbons (Fsp3) is 0.552. The third-order valence-electron chi connectivity index (χ3n) is 7.55. The molecule has 2 aliphatic heterocycles. The molecule has 2 aromatic heterocycles. The van der Waals surface area contributed by atoms with Crippen LogP contribution in [0.25, 0.3) is 22.4 Å². The number of furan rings is 1. The normalized spacial score (nSPS) is 20.2. The Hall–Kier alpha value is -2.91. The van der Waals surface area contributed by atoms with Crippen LogP contribution in [0.5, 0.6) is 11.5 Å². The number of hydrogen-bond acceptors (Lipinski definition) is 7. The van der Waals surface area contributed by atoms with E-state index in [0.29, 0.717) is 59.1 Å². The summed E-state index contributed by atoms with van der Waals surface area (Å²) in [4.78, 5) is 8.97. The molecular weight excluding hydrogens is 490 g/mol. The van der Waals surface area contributed by atoms with Gasteiger partial charge < -0.3 is 29.0 Å². The molecule has 1 atom stereocenters. The summed E-state index contributed by atoms with van der Waals surface area (Å²) in [6, 6.07) is 8.27. The Morgan fingerprint density at radius 1 is 1.13 bits per heavy atom. The lowest BCUT2D eigenvalue weighted by molar-refractivity contribution is -0.0672. The second-order valence-electron chi connectivity index (χ2n) is 10.4. The topological polar surface area (TPSA) is 63.0 Å². The number of nitrogens with one attached hydrogen (secondary N) is 1. The smallest absolute Gasteiger partial charge is 0.280 e. The summed E-state index contributed by atoms with van der Waals surface area (Å²) in [5, 5.41) is 3.86. The standard InChI is InChI=1S/C29H38F2N4O3/c1-4-20-8-9-25(38-20)24-17-22(33-28-10-14-34(2)19-29(28,30)31)21-16-26(36-3)27(18-23(21)32-24)37-15-7-13-35-11-5-6-12-35/h8-9,16-18,28H,4-7,10-15,19H2,1-3H3,(H,32,33). The molecule has 0 aliphatic carbocycles. The fourth-order valence-electron chi connectivity index (χ4n) is 5.41. The highest BCUT2D eigenvalue weighted by Crippen LogP contribution is 2.39. The molecule has 206 valence electrons. The van der Waals surface area contributed by atoms with Crippen LogP contribution in [0.15, 0.2) is 34.7 Å². The van der Waals surface area contributed by atoms with Gasteiger partial charge in [-0.2, -0.15) is 0 Å². The van der Waals surface area contributed by atoms with Crippen molar-refractivity contribution in [3.05, 3.63) is 36.1 Å². The van der Waals surface area contributed by atoms with E-state index in [9.17, 15) is 8.78 Å². The summed E-state index contributed by atoms with van der Waals surface area (Å²) in [5.41, 5.74) is 1.79. The van der Waals surface area contributed by atoms with Crippen molar-refractivity contribution >= 4 is 16.6 Å². The van der Waals surface area contributed by atoms with Crippen LogP contribution in [0.4, 0.5) is 14.5 Å². The number of fused-ring (bicyclic) bond motifs is 1. The van der Waals surface area contributed by atoms with Gasteiger partial charge in [0.2, 0.25) is 0 Å². The molecule has 38 heavy (non-hydrogen) atoms. The van der Waals surface area contributed by atoms with E-state index < -0.39 is 12.0 Å². The molecule has 0 amide bonds. The number of aryl methyl sites for hydroxylation is 1. The number of aromatic nitrogens is 1. The minimum absolute atomic E-state index is 0.280. The summed E-state index contributed by atoms with van der Waals surface area (Å²) in [6.45, 7) is 6.22. The third-order valence-corrected chi connectivity index (χ3v) is 7.55. The molecule has 9 heteroatoms. The van der Waals surface area contributed by atoms with E-state index in [1.165, 1.54) is 12.8 Å². The predicted molar refractivity (Wildman–Crippen MR) is 146 cm³/mol. The van der Waals surface area contributed by atoms with Crippen molar-refractivity contribution in [2.24, 2.45) is 0 Å². The van der Waals surface area contributed by atoms with Crippen LogP contribution in [0.2, 0.25) is 0 Å². The zero-order valence-corrected chi connectivity index (χ0v) is 22.6. The zero-order chi connectivity index (χ0) is 26.7. The molecule has 3 aromatic rings. The lowest BCUT2D eigenvalue weighted by atomic mass is 10.00. The summed E-state index contributed by atoms with van der Waals surface area (Å²) >= 11 is 0. The van der Waals surface area contributed by atoms with Crippen LogP contribution in [0.1, 0.15) is 38.4 Å². The monoisotopic (exact) mass is 528 g/mol. The Morgan fingerprint density at radius 3 is 2.66 bits per heavy atom. The van der Waals surface area contributed by atoms with E-state index in [-0.39, 0.29) is 6.54 Å². The van der Waals surface area contributed by atoms with Gasteiger partial charge in [0.05, 0.1) is 31.8 Å². The van der Waals surface area contributed by atoms with Crippen molar-refractivity contribution in [1.82, 2.24) is 14.8 Å². The number of nitrogens with zero attached hydrogens (tertiary/aromatic N) is 3. The van der Waals surface area contributed by atoms with Crippen LogP contribution in [0.3, 0.4) is 0 Å². The Labute approximate surface area is 223 Å². The second-order valence-corrected chi connectivity index (χ2v) is 10.4. The highest BCUT2D eigenvalue weighted by molar-refractivity contribution is 5.95. The number of alkyl halides is 2. The molecular formula is C29H38F2N4O3. The maximum atomic E-state index is 15.0. The van der Waals surface area contributed by atoms with E-state index >= 15 is 0 Å². The van der Waals surface area contributed by atoms with E-state index in [1.807, 2.05) is 31.2 Å². The van der Waals surface area contributed by atoms with Crippen molar-refractivity contribution in [3.8, 4) is 23.0 Å². The zero-order valence-electron chi connectivity index (χ0n) is 22.6. The number of hydrogen-bond donors (Lipinski definition) is 1. The molecule has 2 saturated heterocycles. The second kappa shape index (κ2) is 11.5. The largest absolute Gasteiger partial charge is 0.493 e. The molecule has 2 fully saturated rings.